The molecule has 0 bridgehead atoms. The lowest BCUT2D eigenvalue weighted by atomic mass is 9.79. The zero-order chi connectivity index (χ0) is 19.8. The van der Waals surface area contributed by atoms with Crippen LogP contribution in [0.4, 0.5) is 0 Å². The van der Waals surface area contributed by atoms with E-state index in [1.807, 2.05) is 6.07 Å². The molecule has 3 rings (SSSR count). The molecule has 152 valence electrons. The van der Waals surface area contributed by atoms with Gasteiger partial charge >= 0.3 is 0 Å². The molecular formula is C24H34N2O2. The fourth-order valence-electron chi connectivity index (χ4n) is 4.31. The molecule has 1 aliphatic rings. The highest BCUT2D eigenvalue weighted by atomic mass is 16.5. The second-order valence-electron chi connectivity index (χ2n) is 7.84. The van der Waals surface area contributed by atoms with Crippen molar-refractivity contribution in [2.75, 3.05) is 40.9 Å². The van der Waals surface area contributed by atoms with Gasteiger partial charge in [0, 0.05) is 6.54 Å². The molecule has 0 radical (unpaired) electrons. The molecule has 0 aliphatic carbocycles. The minimum atomic E-state index is 0.519. The quantitative estimate of drug-likeness (QED) is 0.701. The minimum absolute atomic E-state index is 0.519. The SMILES string of the molecule is COc1ccc(C(CCN(C)Cc2ccccc2)C2CCCNC2)cc1OC. The minimum Gasteiger partial charge on any atom is -0.493 e. The van der Waals surface area contributed by atoms with Gasteiger partial charge in [-0.05, 0) is 81.0 Å². The molecule has 2 atom stereocenters. The summed E-state index contributed by atoms with van der Waals surface area (Å²) in [6.45, 7) is 4.30. The van der Waals surface area contributed by atoms with E-state index in [1.54, 1.807) is 14.2 Å². The Morgan fingerprint density at radius 3 is 2.54 bits per heavy atom. The summed E-state index contributed by atoms with van der Waals surface area (Å²) in [6, 6.07) is 17.2. The Kier molecular flexibility index (Phi) is 7.75. The van der Waals surface area contributed by atoms with Crippen molar-refractivity contribution in [2.45, 2.75) is 31.7 Å². The van der Waals surface area contributed by atoms with Crippen molar-refractivity contribution in [1.82, 2.24) is 10.2 Å². The van der Waals surface area contributed by atoms with Crippen LogP contribution in [0, 0.1) is 5.92 Å². The summed E-state index contributed by atoms with van der Waals surface area (Å²) in [5.41, 5.74) is 2.73. The molecule has 1 heterocycles. The normalized spacial score (nSPS) is 18.1. The molecule has 2 unspecified atom stereocenters. The third kappa shape index (κ3) is 5.49. The fraction of sp³-hybridized carbons (Fsp3) is 0.500. The van der Waals surface area contributed by atoms with Gasteiger partial charge in [0.25, 0.3) is 0 Å². The summed E-state index contributed by atoms with van der Waals surface area (Å²) in [4.78, 5) is 2.43. The van der Waals surface area contributed by atoms with Crippen LogP contribution in [0.15, 0.2) is 48.5 Å². The average Bonchev–Trinajstić information content (AvgIpc) is 2.75. The molecule has 0 saturated carbocycles. The van der Waals surface area contributed by atoms with Gasteiger partial charge in [0.2, 0.25) is 0 Å². The van der Waals surface area contributed by atoms with Gasteiger partial charge < -0.3 is 19.7 Å². The van der Waals surface area contributed by atoms with E-state index in [2.05, 4.69) is 59.7 Å². The molecule has 2 aromatic rings. The van der Waals surface area contributed by atoms with Crippen molar-refractivity contribution in [3.8, 4) is 11.5 Å². The maximum absolute atomic E-state index is 5.57. The predicted molar refractivity (Wildman–Crippen MR) is 115 cm³/mol. The topological polar surface area (TPSA) is 33.7 Å². The Bertz CT molecular complexity index is 714. The molecule has 2 aromatic carbocycles. The van der Waals surface area contributed by atoms with Crippen LogP contribution in [0.25, 0.3) is 0 Å². The molecule has 0 aromatic heterocycles. The van der Waals surface area contributed by atoms with Crippen LogP contribution >= 0.6 is 0 Å². The van der Waals surface area contributed by atoms with Gasteiger partial charge in [-0.3, -0.25) is 0 Å². The van der Waals surface area contributed by atoms with Crippen molar-refractivity contribution in [3.63, 3.8) is 0 Å². The van der Waals surface area contributed by atoms with E-state index in [1.165, 1.54) is 24.0 Å². The van der Waals surface area contributed by atoms with Gasteiger partial charge in [0.15, 0.2) is 11.5 Å². The highest BCUT2D eigenvalue weighted by Gasteiger charge is 2.26. The van der Waals surface area contributed by atoms with Gasteiger partial charge in [-0.25, -0.2) is 0 Å². The van der Waals surface area contributed by atoms with Crippen molar-refractivity contribution in [3.05, 3.63) is 59.7 Å². The van der Waals surface area contributed by atoms with Crippen molar-refractivity contribution < 1.29 is 9.47 Å². The van der Waals surface area contributed by atoms with Crippen molar-refractivity contribution in [1.29, 1.82) is 0 Å². The molecule has 0 spiro atoms. The predicted octanol–water partition coefficient (Wildman–Crippen LogP) is 4.31. The number of benzene rings is 2. The van der Waals surface area contributed by atoms with Gasteiger partial charge in [-0.15, -0.1) is 0 Å². The first-order valence-electron chi connectivity index (χ1n) is 10.4. The lowest BCUT2D eigenvalue weighted by molar-refractivity contribution is 0.261. The lowest BCUT2D eigenvalue weighted by Gasteiger charge is -2.32. The standard InChI is InChI=1S/C24H34N2O2/c1-26(18-19-8-5-4-6-9-19)15-13-22(21-10-7-14-25-17-21)20-11-12-23(27-2)24(16-20)28-3/h4-6,8-9,11-12,16,21-22,25H,7,10,13-15,17-18H2,1-3H3. The number of nitrogens with one attached hydrogen (secondary N) is 1. The van der Waals surface area contributed by atoms with E-state index in [4.69, 9.17) is 9.47 Å². The molecule has 1 N–H and O–H groups in total. The first kappa shape index (κ1) is 20.7. The summed E-state index contributed by atoms with van der Waals surface area (Å²) in [6.07, 6.45) is 3.69. The molecule has 28 heavy (non-hydrogen) atoms. The second kappa shape index (κ2) is 10.5. The number of hydrogen-bond acceptors (Lipinski definition) is 4. The van der Waals surface area contributed by atoms with Crippen LogP contribution in [0.3, 0.4) is 0 Å². The van der Waals surface area contributed by atoms with E-state index in [0.29, 0.717) is 11.8 Å². The number of nitrogens with zero attached hydrogens (tertiary/aromatic N) is 1. The largest absolute Gasteiger partial charge is 0.493 e. The smallest absolute Gasteiger partial charge is 0.160 e. The maximum Gasteiger partial charge on any atom is 0.160 e. The monoisotopic (exact) mass is 382 g/mol. The van der Waals surface area contributed by atoms with Crippen LogP contribution in [-0.2, 0) is 6.54 Å². The molecular weight excluding hydrogens is 348 g/mol. The molecule has 1 fully saturated rings. The number of methoxy groups -OCH3 is 2. The van der Waals surface area contributed by atoms with Crippen molar-refractivity contribution >= 4 is 0 Å². The van der Waals surface area contributed by atoms with E-state index in [-0.39, 0.29) is 0 Å². The zero-order valence-electron chi connectivity index (χ0n) is 17.5. The first-order valence-corrected chi connectivity index (χ1v) is 10.4. The third-order valence-electron chi connectivity index (χ3n) is 5.86. The zero-order valence-corrected chi connectivity index (χ0v) is 17.5. The van der Waals surface area contributed by atoms with Crippen LogP contribution in [-0.4, -0.2) is 45.8 Å². The lowest BCUT2D eigenvalue weighted by Crippen LogP contribution is -2.34. The van der Waals surface area contributed by atoms with Gasteiger partial charge in [0.05, 0.1) is 14.2 Å². The summed E-state index contributed by atoms with van der Waals surface area (Å²) < 4.78 is 11.0. The molecule has 1 saturated heterocycles. The Labute approximate surface area is 169 Å². The summed E-state index contributed by atoms with van der Waals surface area (Å²) >= 11 is 0. The van der Waals surface area contributed by atoms with E-state index >= 15 is 0 Å². The summed E-state index contributed by atoms with van der Waals surface area (Å²) in [7, 11) is 5.63. The second-order valence-corrected chi connectivity index (χ2v) is 7.84. The Morgan fingerprint density at radius 2 is 1.86 bits per heavy atom. The van der Waals surface area contributed by atoms with Crippen molar-refractivity contribution in [2.24, 2.45) is 5.92 Å². The van der Waals surface area contributed by atoms with Gasteiger partial charge in [-0.1, -0.05) is 36.4 Å². The van der Waals surface area contributed by atoms with Crippen LogP contribution in [0.5, 0.6) is 11.5 Å². The van der Waals surface area contributed by atoms with Crippen LogP contribution in [0.2, 0.25) is 0 Å². The van der Waals surface area contributed by atoms with Gasteiger partial charge in [-0.2, -0.15) is 0 Å². The first-order chi connectivity index (χ1) is 13.7. The highest BCUT2D eigenvalue weighted by Crippen LogP contribution is 2.37. The number of piperidine rings is 1. The third-order valence-corrected chi connectivity index (χ3v) is 5.86. The number of hydrogen-bond donors (Lipinski definition) is 1. The Hall–Kier alpha value is -2.04. The highest BCUT2D eigenvalue weighted by molar-refractivity contribution is 5.44. The van der Waals surface area contributed by atoms with E-state index in [9.17, 15) is 0 Å². The Balaban J connectivity index is 1.72. The summed E-state index contributed by atoms with van der Waals surface area (Å²) in [5.74, 6) is 2.81. The van der Waals surface area contributed by atoms with Crippen LogP contribution < -0.4 is 14.8 Å². The molecule has 0 amide bonds. The van der Waals surface area contributed by atoms with Gasteiger partial charge in [0.1, 0.15) is 0 Å². The number of ether oxygens (including phenoxy) is 2. The fourth-order valence-corrected chi connectivity index (χ4v) is 4.31. The molecule has 1 aliphatic heterocycles. The van der Waals surface area contributed by atoms with E-state index < -0.39 is 0 Å². The Morgan fingerprint density at radius 1 is 1.07 bits per heavy atom. The maximum atomic E-state index is 5.57. The molecule has 4 nitrogen and oxygen atoms in total. The number of rotatable bonds is 9. The molecule has 4 heteroatoms. The van der Waals surface area contributed by atoms with Crippen LogP contribution in [0.1, 0.15) is 36.3 Å². The average molecular weight is 383 g/mol. The van der Waals surface area contributed by atoms with E-state index in [0.717, 1.165) is 44.1 Å². The summed E-state index contributed by atoms with van der Waals surface area (Å²) in [5, 5.41) is 3.59.